The van der Waals surface area contributed by atoms with Crippen molar-refractivity contribution in [2.75, 3.05) is 13.1 Å². The number of rotatable bonds is 4. The first-order chi connectivity index (χ1) is 13.5. The molecule has 1 saturated heterocycles. The van der Waals surface area contributed by atoms with Crippen LogP contribution in [0.4, 0.5) is 0 Å². The van der Waals surface area contributed by atoms with Crippen molar-refractivity contribution in [2.45, 2.75) is 40.2 Å². The molecule has 0 bridgehead atoms. The summed E-state index contributed by atoms with van der Waals surface area (Å²) in [6.45, 7) is 8.08. The minimum Gasteiger partial charge on any atom is -0.467 e. The summed E-state index contributed by atoms with van der Waals surface area (Å²) in [7, 11) is 0. The van der Waals surface area contributed by atoms with E-state index in [4.69, 9.17) is 4.42 Å². The van der Waals surface area contributed by atoms with Crippen LogP contribution in [0.3, 0.4) is 0 Å². The number of likely N-dealkylation sites (tertiary alicyclic amines) is 1. The molecule has 5 nitrogen and oxygen atoms in total. The van der Waals surface area contributed by atoms with Gasteiger partial charge < -0.3 is 9.32 Å². The number of carbonyl (C=O) groups excluding carboxylic acids is 2. The van der Waals surface area contributed by atoms with Gasteiger partial charge in [-0.15, -0.1) is 0 Å². The van der Waals surface area contributed by atoms with Crippen LogP contribution in [0.5, 0.6) is 0 Å². The molecule has 0 saturated carbocycles. The summed E-state index contributed by atoms with van der Waals surface area (Å²) < 4.78 is 5.38. The molecule has 1 aromatic carbocycles. The Balaban J connectivity index is 1.76. The summed E-state index contributed by atoms with van der Waals surface area (Å²) in [6.07, 6.45) is 3.62. The largest absolute Gasteiger partial charge is 0.467 e. The molecule has 2 aromatic rings. The van der Waals surface area contributed by atoms with E-state index in [2.05, 4.69) is 11.8 Å². The Morgan fingerprint density at radius 2 is 1.79 bits per heavy atom. The average Bonchev–Trinajstić information content (AvgIpc) is 3.27. The van der Waals surface area contributed by atoms with Crippen LogP contribution in [-0.4, -0.2) is 34.7 Å². The number of hydrogen-bond donors (Lipinski definition) is 0. The molecule has 0 spiro atoms. The Morgan fingerprint density at radius 1 is 1.04 bits per heavy atom. The van der Waals surface area contributed by atoms with Gasteiger partial charge in [0.05, 0.1) is 18.4 Å². The zero-order chi connectivity index (χ0) is 19.8. The van der Waals surface area contributed by atoms with Crippen molar-refractivity contribution in [1.29, 1.82) is 0 Å². The van der Waals surface area contributed by atoms with E-state index in [0.717, 1.165) is 37.1 Å². The molecule has 146 valence electrons. The van der Waals surface area contributed by atoms with Crippen LogP contribution >= 0.6 is 0 Å². The molecule has 2 aliphatic rings. The first kappa shape index (κ1) is 18.5. The quantitative estimate of drug-likeness (QED) is 0.757. The van der Waals surface area contributed by atoms with E-state index >= 15 is 0 Å². The first-order valence-electron chi connectivity index (χ1n) is 9.91. The molecular weight excluding hydrogens is 352 g/mol. The second kappa shape index (κ2) is 7.30. The summed E-state index contributed by atoms with van der Waals surface area (Å²) in [5.74, 6) is 0.797. The SMILES string of the molecule is Cc1ccc(C2=C(N3CCC(C)CC3)C(=O)N(Cc3ccco3)C2=O)cc1C. The van der Waals surface area contributed by atoms with Crippen LogP contribution in [0.2, 0.25) is 0 Å². The van der Waals surface area contributed by atoms with Crippen molar-refractivity contribution in [3.8, 4) is 0 Å². The Hall–Kier alpha value is -2.82. The highest BCUT2D eigenvalue weighted by Crippen LogP contribution is 2.35. The maximum atomic E-state index is 13.3. The van der Waals surface area contributed by atoms with E-state index in [1.165, 1.54) is 10.5 Å². The zero-order valence-corrected chi connectivity index (χ0v) is 16.7. The molecule has 28 heavy (non-hydrogen) atoms. The molecular formula is C23H26N2O3. The van der Waals surface area contributed by atoms with Crippen LogP contribution in [0.25, 0.3) is 5.57 Å². The fraction of sp³-hybridized carbons (Fsp3) is 0.391. The minimum absolute atomic E-state index is 0.159. The van der Waals surface area contributed by atoms with E-state index in [1.807, 2.05) is 32.0 Å². The molecule has 1 fully saturated rings. The van der Waals surface area contributed by atoms with Gasteiger partial charge >= 0.3 is 0 Å². The minimum atomic E-state index is -0.238. The highest BCUT2D eigenvalue weighted by atomic mass is 16.3. The topological polar surface area (TPSA) is 53.8 Å². The van der Waals surface area contributed by atoms with Crippen LogP contribution in [0.15, 0.2) is 46.7 Å². The van der Waals surface area contributed by atoms with Crippen LogP contribution in [0.1, 0.15) is 42.2 Å². The number of nitrogens with zero attached hydrogens (tertiary/aromatic N) is 2. The predicted molar refractivity (Wildman–Crippen MR) is 107 cm³/mol. The monoisotopic (exact) mass is 378 g/mol. The van der Waals surface area contributed by atoms with Gasteiger partial charge in [0.15, 0.2) is 0 Å². The van der Waals surface area contributed by atoms with Crippen molar-refractivity contribution in [1.82, 2.24) is 9.80 Å². The summed E-state index contributed by atoms with van der Waals surface area (Å²) >= 11 is 0. The fourth-order valence-electron chi connectivity index (χ4n) is 3.95. The zero-order valence-electron chi connectivity index (χ0n) is 16.7. The van der Waals surface area contributed by atoms with Gasteiger partial charge in [-0.1, -0.05) is 25.1 Å². The number of furan rings is 1. The van der Waals surface area contributed by atoms with Crippen LogP contribution in [-0.2, 0) is 16.1 Å². The van der Waals surface area contributed by atoms with Crippen molar-refractivity contribution < 1.29 is 14.0 Å². The summed E-state index contributed by atoms with van der Waals surface area (Å²) in [4.78, 5) is 30.1. The number of piperidine rings is 1. The van der Waals surface area contributed by atoms with Crippen LogP contribution in [0, 0.1) is 19.8 Å². The van der Waals surface area contributed by atoms with Gasteiger partial charge in [-0.25, -0.2) is 0 Å². The summed E-state index contributed by atoms with van der Waals surface area (Å²) in [5.41, 5.74) is 4.17. The first-order valence-corrected chi connectivity index (χ1v) is 9.91. The molecule has 0 radical (unpaired) electrons. The van der Waals surface area contributed by atoms with Gasteiger partial charge in [0.25, 0.3) is 11.8 Å². The third-order valence-corrected chi connectivity index (χ3v) is 5.93. The average molecular weight is 378 g/mol. The number of benzene rings is 1. The van der Waals surface area contributed by atoms with Gasteiger partial charge in [-0.3, -0.25) is 14.5 Å². The van der Waals surface area contributed by atoms with E-state index in [0.29, 0.717) is 22.9 Å². The molecule has 0 unspecified atom stereocenters. The molecule has 0 aliphatic carbocycles. The second-order valence-electron chi connectivity index (χ2n) is 7.97. The van der Waals surface area contributed by atoms with E-state index in [1.54, 1.807) is 18.4 Å². The smallest absolute Gasteiger partial charge is 0.278 e. The highest BCUT2D eigenvalue weighted by Gasteiger charge is 2.42. The normalized spacial score (nSPS) is 18.5. The molecule has 2 amide bonds. The number of hydrogen-bond acceptors (Lipinski definition) is 4. The third-order valence-electron chi connectivity index (χ3n) is 5.93. The lowest BCUT2D eigenvalue weighted by Crippen LogP contribution is -2.38. The van der Waals surface area contributed by atoms with Gasteiger partial charge in [-0.2, -0.15) is 0 Å². The Bertz CT molecular complexity index is 935. The van der Waals surface area contributed by atoms with Crippen molar-refractivity contribution in [3.05, 3.63) is 64.7 Å². The summed E-state index contributed by atoms with van der Waals surface area (Å²) in [5, 5.41) is 0. The molecule has 1 aromatic heterocycles. The van der Waals surface area contributed by atoms with Gasteiger partial charge in [0.1, 0.15) is 11.5 Å². The fourth-order valence-corrected chi connectivity index (χ4v) is 3.95. The Morgan fingerprint density at radius 3 is 2.43 bits per heavy atom. The van der Waals surface area contributed by atoms with Gasteiger partial charge in [0, 0.05) is 13.1 Å². The number of imide groups is 1. The van der Waals surface area contributed by atoms with Crippen molar-refractivity contribution in [3.63, 3.8) is 0 Å². The van der Waals surface area contributed by atoms with Crippen LogP contribution < -0.4 is 0 Å². The molecule has 2 aliphatic heterocycles. The number of aryl methyl sites for hydroxylation is 2. The lowest BCUT2D eigenvalue weighted by atomic mass is 9.96. The number of amides is 2. The Kier molecular flexibility index (Phi) is 4.84. The molecule has 0 N–H and O–H groups in total. The maximum Gasteiger partial charge on any atom is 0.278 e. The van der Waals surface area contributed by atoms with Crippen molar-refractivity contribution in [2.24, 2.45) is 5.92 Å². The van der Waals surface area contributed by atoms with Gasteiger partial charge in [0.2, 0.25) is 0 Å². The number of carbonyl (C=O) groups is 2. The molecule has 5 heteroatoms. The summed E-state index contributed by atoms with van der Waals surface area (Å²) in [6, 6.07) is 9.53. The van der Waals surface area contributed by atoms with Gasteiger partial charge in [-0.05, 0) is 61.4 Å². The molecule has 0 atom stereocenters. The molecule has 4 rings (SSSR count). The lowest BCUT2D eigenvalue weighted by Gasteiger charge is -2.32. The highest BCUT2D eigenvalue weighted by molar-refractivity contribution is 6.35. The lowest BCUT2D eigenvalue weighted by molar-refractivity contribution is -0.138. The standard InChI is InChI=1S/C23H26N2O3/c1-15-8-10-24(11-9-15)21-20(18-7-6-16(2)17(3)13-18)22(26)25(23(21)27)14-19-5-4-12-28-19/h4-7,12-13,15H,8-11,14H2,1-3H3. The third kappa shape index (κ3) is 3.26. The second-order valence-corrected chi connectivity index (χ2v) is 7.97. The maximum absolute atomic E-state index is 13.3. The molecule has 3 heterocycles. The van der Waals surface area contributed by atoms with Crippen molar-refractivity contribution >= 4 is 17.4 Å². The van der Waals surface area contributed by atoms with E-state index < -0.39 is 0 Å². The predicted octanol–water partition coefficient (Wildman–Crippen LogP) is 3.91. The van der Waals surface area contributed by atoms with E-state index in [9.17, 15) is 9.59 Å². The Labute approximate surface area is 165 Å². The van der Waals surface area contributed by atoms with E-state index in [-0.39, 0.29) is 18.4 Å².